The minimum Gasteiger partial charge on any atom is -0.450 e. The van der Waals surface area contributed by atoms with Gasteiger partial charge < -0.3 is 14.5 Å². The van der Waals surface area contributed by atoms with Gasteiger partial charge in [-0.05, 0) is 39.0 Å². The van der Waals surface area contributed by atoms with Crippen molar-refractivity contribution in [2.45, 2.75) is 45.1 Å². The molecule has 0 unspecified atom stereocenters. The molecule has 7 heteroatoms. The number of carbonyl (C=O) groups is 1. The van der Waals surface area contributed by atoms with Gasteiger partial charge >= 0.3 is 6.09 Å². The molecular formula is C19H29N5O2. The minimum absolute atomic E-state index is 0.172. The van der Waals surface area contributed by atoms with Crippen LogP contribution >= 0.6 is 0 Å². The van der Waals surface area contributed by atoms with E-state index in [1.807, 2.05) is 11.8 Å². The number of rotatable bonds is 3. The van der Waals surface area contributed by atoms with Gasteiger partial charge in [-0.2, -0.15) is 0 Å². The summed E-state index contributed by atoms with van der Waals surface area (Å²) in [7, 11) is 0. The molecule has 4 rings (SSSR count). The van der Waals surface area contributed by atoms with Gasteiger partial charge in [0.05, 0.1) is 6.61 Å². The fourth-order valence-electron chi connectivity index (χ4n) is 4.54. The van der Waals surface area contributed by atoms with E-state index in [0.29, 0.717) is 12.6 Å². The van der Waals surface area contributed by atoms with Gasteiger partial charge in [0.1, 0.15) is 12.1 Å². The van der Waals surface area contributed by atoms with Crippen molar-refractivity contribution in [3.63, 3.8) is 0 Å². The second kappa shape index (κ2) is 7.78. The number of amides is 1. The molecule has 0 saturated carbocycles. The summed E-state index contributed by atoms with van der Waals surface area (Å²) in [6.45, 7) is 7.80. The fraction of sp³-hybridized carbons (Fsp3) is 0.737. The minimum atomic E-state index is -0.172. The molecule has 2 fully saturated rings. The van der Waals surface area contributed by atoms with Crippen molar-refractivity contribution < 1.29 is 9.53 Å². The topological polar surface area (TPSA) is 61.8 Å². The van der Waals surface area contributed by atoms with Gasteiger partial charge in [0.25, 0.3) is 0 Å². The molecule has 3 aliphatic rings. The molecule has 2 saturated heterocycles. The number of ether oxygens (including phenoxy) is 1. The highest BCUT2D eigenvalue weighted by Crippen LogP contribution is 2.30. The molecule has 0 radical (unpaired) electrons. The SMILES string of the molecule is CCOC(=O)N1CCN([C@@H]2CCCN(c3ncnc4c3CCC4)C2)CC1. The molecule has 1 aromatic rings. The first-order valence-electron chi connectivity index (χ1n) is 9.99. The molecule has 1 amide bonds. The molecule has 1 atom stereocenters. The zero-order chi connectivity index (χ0) is 17.9. The van der Waals surface area contributed by atoms with Gasteiger partial charge in [0, 0.05) is 56.6 Å². The average Bonchev–Trinajstić information content (AvgIpc) is 3.17. The summed E-state index contributed by atoms with van der Waals surface area (Å²) in [6.07, 6.45) is 7.40. The van der Waals surface area contributed by atoms with E-state index in [1.54, 1.807) is 6.33 Å². The summed E-state index contributed by atoms with van der Waals surface area (Å²) in [5, 5.41) is 0. The summed E-state index contributed by atoms with van der Waals surface area (Å²) in [5.74, 6) is 1.17. The van der Waals surface area contributed by atoms with Crippen molar-refractivity contribution in [2.24, 2.45) is 0 Å². The lowest BCUT2D eigenvalue weighted by Crippen LogP contribution is -2.56. The first kappa shape index (κ1) is 17.5. The Balaban J connectivity index is 1.38. The fourth-order valence-corrected chi connectivity index (χ4v) is 4.54. The number of anilines is 1. The Hall–Kier alpha value is -1.89. The van der Waals surface area contributed by atoms with Crippen LogP contribution in [-0.4, -0.2) is 77.8 Å². The van der Waals surface area contributed by atoms with Gasteiger partial charge in [-0.3, -0.25) is 4.90 Å². The van der Waals surface area contributed by atoms with Gasteiger partial charge in [-0.25, -0.2) is 14.8 Å². The van der Waals surface area contributed by atoms with E-state index in [2.05, 4.69) is 19.8 Å². The predicted molar refractivity (Wildman–Crippen MR) is 99.5 cm³/mol. The van der Waals surface area contributed by atoms with Crippen LogP contribution in [0.4, 0.5) is 10.6 Å². The normalized spacial score (nSPS) is 23.8. The summed E-state index contributed by atoms with van der Waals surface area (Å²) < 4.78 is 5.13. The summed E-state index contributed by atoms with van der Waals surface area (Å²) in [4.78, 5) is 27.8. The van der Waals surface area contributed by atoms with E-state index in [9.17, 15) is 4.79 Å². The highest BCUT2D eigenvalue weighted by atomic mass is 16.6. The third-order valence-corrected chi connectivity index (χ3v) is 5.90. The van der Waals surface area contributed by atoms with Crippen LogP contribution in [0.5, 0.6) is 0 Å². The average molecular weight is 359 g/mol. The number of hydrogen-bond acceptors (Lipinski definition) is 6. The number of piperidine rings is 1. The van der Waals surface area contributed by atoms with Gasteiger partial charge in [-0.1, -0.05) is 0 Å². The molecule has 7 nitrogen and oxygen atoms in total. The zero-order valence-electron chi connectivity index (χ0n) is 15.7. The van der Waals surface area contributed by atoms with Crippen LogP contribution < -0.4 is 4.90 Å². The summed E-state index contributed by atoms with van der Waals surface area (Å²) in [6, 6.07) is 0.542. The van der Waals surface area contributed by atoms with Crippen LogP contribution in [0.3, 0.4) is 0 Å². The monoisotopic (exact) mass is 359 g/mol. The molecule has 1 aliphatic carbocycles. The van der Waals surface area contributed by atoms with E-state index in [-0.39, 0.29) is 6.09 Å². The summed E-state index contributed by atoms with van der Waals surface area (Å²) in [5.41, 5.74) is 2.63. The van der Waals surface area contributed by atoms with Crippen LogP contribution in [-0.2, 0) is 17.6 Å². The van der Waals surface area contributed by atoms with Crippen LogP contribution in [0, 0.1) is 0 Å². The van der Waals surface area contributed by atoms with Gasteiger partial charge in [-0.15, -0.1) is 0 Å². The van der Waals surface area contributed by atoms with Crippen molar-refractivity contribution in [2.75, 3.05) is 50.8 Å². The number of fused-ring (bicyclic) bond motifs is 1. The third kappa shape index (κ3) is 3.49. The molecule has 0 aromatic carbocycles. The number of piperazine rings is 1. The maximum Gasteiger partial charge on any atom is 0.409 e. The molecule has 0 spiro atoms. The molecule has 0 bridgehead atoms. The molecule has 0 N–H and O–H groups in total. The van der Waals surface area contributed by atoms with Crippen molar-refractivity contribution >= 4 is 11.9 Å². The quantitative estimate of drug-likeness (QED) is 0.819. The second-order valence-corrected chi connectivity index (χ2v) is 7.44. The Morgan fingerprint density at radius 3 is 2.81 bits per heavy atom. The molecule has 3 heterocycles. The van der Waals surface area contributed by atoms with Crippen molar-refractivity contribution in [3.05, 3.63) is 17.6 Å². The maximum absolute atomic E-state index is 11.9. The standard InChI is InChI=1S/C19H29N5O2/c1-2-26-19(25)23-11-9-22(10-12-23)15-5-4-8-24(13-15)18-16-6-3-7-17(16)20-14-21-18/h14-15H,2-13H2,1H3/t15-/m1/s1. The Labute approximate surface area is 155 Å². The van der Waals surface area contributed by atoms with E-state index in [0.717, 1.165) is 52.1 Å². The lowest BCUT2D eigenvalue weighted by molar-refractivity contribution is 0.0629. The van der Waals surface area contributed by atoms with Crippen LogP contribution in [0.2, 0.25) is 0 Å². The van der Waals surface area contributed by atoms with E-state index >= 15 is 0 Å². The molecule has 1 aromatic heterocycles. The van der Waals surface area contributed by atoms with E-state index in [1.165, 1.54) is 36.3 Å². The summed E-state index contributed by atoms with van der Waals surface area (Å²) >= 11 is 0. The number of carbonyl (C=O) groups excluding carboxylic acids is 1. The lowest BCUT2D eigenvalue weighted by Gasteiger charge is -2.43. The number of hydrogen-bond donors (Lipinski definition) is 0. The first-order valence-corrected chi connectivity index (χ1v) is 9.99. The van der Waals surface area contributed by atoms with Crippen molar-refractivity contribution in [3.8, 4) is 0 Å². The largest absolute Gasteiger partial charge is 0.450 e. The van der Waals surface area contributed by atoms with Crippen molar-refractivity contribution in [1.82, 2.24) is 19.8 Å². The smallest absolute Gasteiger partial charge is 0.409 e. The molecule has 2 aliphatic heterocycles. The Morgan fingerprint density at radius 1 is 1.15 bits per heavy atom. The number of nitrogens with zero attached hydrogens (tertiary/aromatic N) is 5. The first-order chi connectivity index (χ1) is 12.8. The van der Waals surface area contributed by atoms with Gasteiger partial charge in [0.2, 0.25) is 0 Å². The third-order valence-electron chi connectivity index (χ3n) is 5.90. The Kier molecular flexibility index (Phi) is 5.24. The van der Waals surface area contributed by atoms with E-state index < -0.39 is 0 Å². The Bertz CT molecular complexity index is 645. The van der Waals surface area contributed by atoms with E-state index in [4.69, 9.17) is 4.74 Å². The maximum atomic E-state index is 11.9. The highest BCUT2D eigenvalue weighted by molar-refractivity contribution is 5.67. The molecular weight excluding hydrogens is 330 g/mol. The van der Waals surface area contributed by atoms with Crippen LogP contribution in [0.1, 0.15) is 37.4 Å². The van der Waals surface area contributed by atoms with Gasteiger partial charge in [0.15, 0.2) is 0 Å². The lowest BCUT2D eigenvalue weighted by atomic mass is 10.0. The zero-order valence-corrected chi connectivity index (χ0v) is 15.7. The predicted octanol–water partition coefficient (Wildman–Crippen LogP) is 1.71. The van der Waals surface area contributed by atoms with Crippen LogP contribution in [0.15, 0.2) is 6.33 Å². The number of aromatic nitrogens is 2. The van der Waals surface area contributed by atoms with Crippen molar-refractivity contribution in [1.29, 1.82) is 0 Å². The number of aryl methyl sites for hydroxylation is 1. The Morgan fingerprint density at radius 2 is 2.00 bits per heavy atom. The highest BCUT2D eigenvalue weighted by Gasteiger charge is 2.31. The molecule has 26 heavy (non-hydrogen) atoms. The second-order valence-electron chi connectivity index (χ2n) is 7.44. The molecule has 142 valence electrons. The van der Waals surface area contributed by atoms with Crippen LogP contribution in [0.25, 0.3) is 0 Å².